The maximum absolute atomic E-state index is 13.0. The van der Waals surface area contributed by atoms with E-state index in [1.54, 1.807) is 0 Å². The van der Waals surface area contributed by atoms with E-state index in [1.807, 2.05) is 0 Å². The molecule has 0 aliphatic carbocycles. The molecule has 0 spiro atoms. The largest absolute Gasteiger partial charge is 0.495 e. The summed E-state index contributed by atoms with van der Waals surface area (Å²) in [5, 5.41) is 6.94. The van der Waals surface area contributed by atoms with E-state index in [0.29, 0.717) is 5.75 Å². The highest BCUT2D eigenvalue weighted by Gasteiger charge is 2.31. The van der Waals surface area contributed by atoms with Gasteiger partial charge in [0.2, 0.25) is 0 Å². The van der Waals surface area contributed by atoms with E-state index in [4.69, 9.17) is 25.8 Å². The Morgan fingerprint density at radius 2 is 1.71 bits per heavy atom. The number of aromatic nitrogens is 2. The smallest absolute Gasteiger partial charge is 0.416 e. The number of nitrogens with one attached hydrogen (secondary N) is 1. The van der Waals surface area contributed by atoms with Crippen molar-refractivity contribution in [3.63, 3.8) is 0 Å². The Hall–Kier alpha value is -3.40. The molecule has 11 heteroatoms. The van der Waals surface area contributed by atoms with E-state index in [9.17, 15) is 18.0 Å². The SMILES string of the molecule is COc1cc(OC)c(NC(=O)c2nn(-c3cccc(C(F)(F)F)c3)cc2OC)cc1Cl. The molecule has 0 aliphatic rings. The van der Waals surface area contributed by atoms with Crippen LogP contribution in [0, 0.1) is 0 Å². The summed E-state index contributed by atoms with van der Waals surface area (Å²) < 4.78 is 55.7. The number of hydrogen-bond acceptors (Lipinski definition) is 5. The first-order valence-corrected chi connectivity index (χ1v) is 9.10. The van der Waals surface area contributed by atoms with Gasteiger partial charge in [0.15, 0.2) is 11.4 Å². The third-order valence-electron chi connectivity index (χ3n) is 4.28. The molecule has 0 unspecified atom stereocenters. The molecule has 0 fully saturated rings. The Bertz CT molecular complexity index is 1120. The molecule has 3 rings (SSSR count). The number of ether oxygens (including phenoxy) is 3. The quantitative estimate of drug-likeness (QED) is 0.576. The maximum atomic E-state index is 13.0. The molecule has 0 aliphatic heterocycles. The van der Waals surface area contributed by atoms with Crippen LogP contribution >= 0.6 is 11.6 Å². The summed E-state index contributed by atoms with van der Waals surface area (Å²) in [5.74, 6) is 0.0180. The standard InChI is InChI=1S/C20H17ClF3N3O4/c1-29-15-9-16(30-2)14(8-13(15)21)25-19(28)18-17(31-3)10-27(26-18)12-6-4-5-11(7-12)20(22,23)24/h4-10H,1-3H3,(H,25,28). The van der Waals surface area contributed by atoms with Crippen molar-refractivity contribution in [2.75, 3.05) is 26.6 Å². The van der Waals surface area contributed by atoms with Crippen LogP contribution in [0.2, 0.25) is 5.02 Å². The van der Waals surface area contributed by atoms with E-state index >= 15 is 0 Å². The Morgan fingerprint density at radius 3 is 2.32 bits per heavy atom. The van der Waals surface area contributed by atoms with Crippen LogP contribution in [0.4, 0.5) is 18.9 Å². The lowest BCUT2D eigenvalue weighted by atomic mass is 10.2. The molecule has 0 saturated heterocycles. The van der Waals surface area contributed by atoms with Gasteiger partial charge in [0.05, 0.1) is 49.5 Å². The molecule has 31 heavy (non-hydrogen) atoms. The van der Waals surface area contributed by atoms with Crippen molar-refractivity contribution in [2.45, 2.75) is 6.18 Å². The summed E-state index contributed by atoms with van der Waals surface area (Å²) in [6.45, 7) is 0. The molecular formula is C20H17ClF3N3O4. The number of benzene rings is 2. The van der Waals surface area contributed by atoms with Crippen molar-refractivity contribution < 1.29 is 32.2 Å². The summed E-state index contributed by atoms with van der Waals surface area (Å²) >= 11 is 6.11. The zero-order valence-electron chi connectivity index (χ0n) is 16.6. The first-order chi connectivity index (χ1) is 14.7. The Morgan fingerprint density at radius 1 is 1.03 bits per heavy atom. The van der Waals surface area contributed by atoms with Crippen LogP contribution in [0.3, 0.4) is 0 Å². The molecule has 1 amide bonds. The van der Waals surface area contributed by atoms with Crippen LogP contribution in [0.15, 0.2) is 42.6 Å². The number of rotatable bonds is 6. The Labute approximate surface area is 180 Å². The van der Waals surface area contributed by atoms with Crippen LogP contribution in [-0.2, 0) is 6.18 Å². The monoisotopic (exact) mass is 455 g/mol. The van der Waals surface area contributed by atoms with E-state index < -0.39 is 17.6 Å². The van der Waals surface area contributed by atoms with E-state index in [2.05, 4.69) is 10.4 Å². The molecule has 3 aromatic rings. The van der Waals surface area contributed by atoms with E-state index in [1.165, 1.54) is 51.8 Å². The summed E-state index contributed by atoms with van der Waals surface area (Å²) in [6, 6.07) is 7.47. The number of alkyl halides is 3. The van der Waals surface area contributed by atoms with Gasteiger partial charge in [-0.05, 0) is 24.3 Å². The molecule has 7 nitrogen and oxygen atoms in total. The van der Waals surface area contributed by atoms with E-state index in [0.717, 1.165) is 16.8 Å². The lowest BCUT2D eigenvalue weighted by Gasteiger charge is -2.12. The van der Waals surface area contributed by atoms with Gasteiger partial charge in [-0.2, -0.15) is 18.3 Å². The zero-order valence-corrected chi connectivity index (χ0v) is 17.3. The molecule has 0 atom stereocenters. The van der Waals surface area contributed by atoms with Crippen molar-refractivity contribution in [1.82, 2.24) is 9.78 Å². The minimum absolute atomic E-state index is 0.0634. The molecule has 164 valence electrons. The molecule has 1 N–H and O–H groups in total. The van der Waals surface area contributed by atoms with Gasteiger partial charge in [0, 0.05) is 6.07 Å². The predicted molar refractivity (Wildman–Crippen MR) is 108 cm³/mol. The predicted octanol–water partition coefficient (Wildman–Crippen LogP) is 4.82. The lowest BCUT2D eigenvalue weighted by Crippen LogP contribution is -2.15. The van der Waals surface area contributed by atoms with Crippen LogP contribution in [0.5, 0.6) is 17.2 Å². The van der Waals surface area contributed by atoms with Gasteiger partial charge in [0.1, 0.15) is 11.5 Å². The van der Waals surface area contributed by atoms with Gasteiger partial charge in [0.25, 0.3) is 5.91 Å². The second-order valence-corrected chi connectivity index (χ2v) is 6.59. The summed E-state index contributed by atoms with van der Waals surface area (Å²) in [4.78, 5) is 12.8. The fourth-order valence-corrected chi connectivity index (χ4v) is 3.00. The Balaban J connectivity index is 1.95. The third-order valence-corrected chi connectivity index (χ3v) is 4.57. The fraction of sp³-hybridized carbons (Fsp3) is 0.200. The summed E-state index contributed by atoms with van der Waals surface area (Å²) in [6.07, 6.45) is -3.21. The highest BCUT2D eigenvalue weighted by atomic mass is 35.5. The van der Waals surface area contributed by atoms with Gasteiger partial charge in [-0.15, -0.1) is 0 Å². The molecule has 0 radical (unpaired) electrons. The third kappa shape index (κ3) is 4.69. The first kappa shape index (κ1) is 22.3. The van der Waals surface area contributed by atoms with Crippen LogP contribution in [0.25, 0.3) is 5.69 Å². The van der Waals surface area contributed by atoms with Crippen LogP contribution in [-0.4, -0.2) is 37.0 Å². The molecule has 0 saturated carbocycles. The van der Waals surface area contributed by atoms with E-state index in [-0.39, 0.29) is 33.6 Å². The van der Waals surface area contributed by atoms with Crippen LogP contribution in [0.1, 0.15) is 16.1 Å². The summed E-state index contributed by atoms with van der Waals surface area (Å²) in [5.41, 5.74) is -0.636. The van der Waals surface area contributed by atoms with Crippen molar-refractivity contribution in [2.24, 2.45) is 0 Å². The molecule has 1 heterocycles. The van der Waals surface area contributed by atoms with Gasteiger partial charge in [-0.3, -0.25) is 4.79 Å². The zero-order chi connectivity index (χ0) is 22.8. The minimum atomic E-state index is -4.52. The average Bonchev–Trinajstić information content (AvgIpc) is 3.18. The Kier molecular flexibility index (Phi) is 6.30. The van der Waals surface area contributed by atoms with Gasteiger partial charge in [-0.1, -0.05) is 17.7 Å². The maximum Gasteiger partial charge on any atom is 0.416 e. The number of amides is 1. The van der Waals surface area contributed by atoms with Crippen molar-refractivity contribution in [3.8, 4) is 22.9 Å². The lowest BCUT2D eigenvalue weighted by molar-refractivity contribution is -0.137. The van der Waals surface area contributed by atoms with Gasteiger partial charge < -0.3 is 19.5 Å². The highest BCUT2D eigenvalue weighted by Crippen LogP contribution is 2.36. The molecular weight excluding hydrogens is 439 g/mol. The highest BCUT2D eigenvalue weighted by molar-refractivity contribution is 6.32. The number of methoxy groups -OCH3 is 3. The molecule has 2 aromatic carbocycles. The van der Waals surface area contributed by atoms with Gasteiger partial charge >= 0.3 is 6.18 Å². The van der Waals surface area contributed by atoms with Gasteiger partial charge in [-0.25, -0.2) is 4.68 Å². The average molecular weight is 456 g/mol. The van der Waals surface area contributed by atoms with Crippen molar-refractivity contribution in [1.29, 1.82) is 0 Å². The number of hydrogen-bond donors (Lipinski definition) is 1. The minimum Gasteiger partial charge on any atom is -0.495 e. The van der Waals surface area contributed by atoms with Crippen molar-refractivity contribution in [3.05, 3.63) is 58.9 Å². The molecule has 0 bridgehead atoms. The van der Waals surface area contributed by atoms with Crippen LogP contribution < -0.4 is 19.5 Å². The molecule has 1 aromatic heterocycles. The number of carbonyl (C=O) groups is 1. The van der Waals surface area contributed by atoms with Crippen molar-refractivity contribution >= 4 is 23.2 Å². The normalized spacial score (nSPS) is 11.2. The second kappa shape index (κ2) is 8.76. The number of anilines is 1. The topological polar surface area (TPSA) is 74.6 Å². The number of halogens is 4. The second-order valence-electron chi connectivity index (χ2n) is 6.18. The number of carbonyl (C=O) groups excluding carboxylic acids is 1. The summed E-state index contributed by atoms with van der Waals surface area (Å²) in [7, 11) is 4.15. The number of nitrogens with zero attached hydrogens (tertiary/aromatic N) is 2. The fourth-order valence-electron chi connectivity index (χ4n) is 2.76. The first-order valence-electron chi connectivity index (χ1n) is 8.72.